The first-order chi connectivity index (χ1) is 25.3. The standard InChI is InChI=1S/C44H50N8/c1-7-9-11-37(39-49-41(45-33-21-13-29(3)14-22-33)42(50-39)46-34-23-15-30(4)16-24-34)38(12-10-8-2)40-51-43(47-35-25-17-31(5)18-26-35)44(52-40)48-36-27-19-32(6)20-28-36/h13-28H,7-12H2,1-6H3,(H,45,49)(H,46,50)(H,47,51)(H,48,52). The average molecular weight is 691 g/mol. The van der Waals surface area contributed by atoms with E-state index in [1.165, 1.54) is 22.3 Å². The summed E-state index contributed by atoms with van der Waals surface area (Å²) in [6.07, 6.45) is 5.68. The van der Waals surface area contributed by atoms with E-state index in [-0.39, 0.29) is 0 Å². The van der Waals surface area contributed by atoms with Gasteiger partial charge in [-0.1, -0.05) is 97.5 Å². The molecule has 0 amide bonds. The van der Waals surface area contributed by atoms with Gasteiger partial charge in [0.1, 0.15) is 0 Å². The highest BCUT2D eigenvalue weighted by atomic mass is 15.2. The number of hydrogen-bond acceptors (Lipinski definition) is 8. The Morgan fingerprint density at radius 3 is 0.827 bits per heavy atom. The summed E-state index contributed by atoms with van der Waals surface area (Å²) in [5.41, 5.74) is 10.8. The average Bonchev–Trinajstić information content (AvgIpc) is 3.72. The van der Waals surface area contributed by atoms with E-state index in [0.29, 0.717) is 35.0 Å². The zero-order valence-electron chi connectivity index (χ0n) is 31.3. The molecule has 0 spiro atoms. The fourth-order valence-electron chi connectivity index (χ4n) is 5.90. The second-order valence-electron chi connectivity index (χ2n) is 13.6. The normalized spacial score (nSPS) is 13.7. The minimum atomic E-state index is 0.676. The SMILES string of the molecule is CCCCC(=C1N=C(Nc2ccc(C)cc2)C(Nc2ccc(C)cc2)=N1)C(CCCC)=C1N=C(Nc2ccc(C)cc2)C(Nc2ccc(C)cc2)=N1. The molecule has 8 nitrogen and oxygen atoms in total. The van der Waals surface area contributed by atoms with Gasteiger partial charge in [0.25, 0.3) is 0 Å². The summed E-state index contributed by atoms with van der Waals surface area (Å²) in [5.74, 6) is 4.08. The predicted molar refractivity (Wildman–Crippen MR) is 222 cm³/mol. The monoisotopic (exact) mass is 690 g/mol. The first-order valence-electron chi connectivity index (χ1n) is 18.4. The van der Waals surface area contributed by atoms with Crippen LogP contribution in [0.15, 0.2) is 140 Å². The van der Waals surface area contributed by atoms with Crippen LogP contribution in [0.1, 0.15) is 74.6 Å². The number of allylic oxidation sites excluding steroid dienone is 2. The summed E-state index contributed by atoms with van der Waals surface area (Å²) in [7, 11) is 0. The second-order valence-corrected chi connectivity index (χ2v) is 13.6. The third-order valence-corrected chi connectivity index (χ3v) is 9.04. The van der Waals surface area contributed by atoms with Crippen molar-refractivity contribution in [2.75, 3.05) is 21.3 Å². The van der Waals surface area contributed by atoms with Gasteiger partial charge in [-0.15, -0.1) is 0 Å². The molecule has 0 bridgehead atoms. The molecule has 2 aliphatic heterocycles. The van der Waals surface area contributed by atoms with Gasteiger partial charge in [0, 0.05) is 33.9 Å². The van der Waals surface area contributed by atoms with Gasteiger partial charge in [0.05, 0.1) is 0 Å². The van der Waals surface area contributed by atoms with Crippen LogP contribution in [0, 0.1) is 27.7 Å². The Kier molecular flexibility index (Phi) is 11.8. The number of nitrogens with one attached hydrogen (secondary N) is 4. The fourth-order valence-corrected chi connectivity index (χ4v) is 5.90. The van der Waals surface area contributed by atoms with Crippen molar-refractivity contribution in [1.82, 2.24) is 0 Å². The van der Waals surface area contributed by atoms with Crippen LogP contribution in [0.25, 0.3) is 0 Å². The Morgan fingerprint density at radius 1 is 0.385 bits per heavy atom. The molecule has 8 heteroatoms. The predicted octanol–water partition coefficient (Wildman–Crippen LogP) is 11.1. The molecule has 2 aliphatic rings. The van der Waals surface area contributed by atoms with Crippen LogP contribution >= 0.6 is 0 Å². The summed E-state index contributed by atoms with van der Waals surface area (Å²) in [6, 6.07) is 33.4. The molecule has 4 aromatic carbocycles. The molecule has 0 aromatic heterocycles. The maximum Gasteiger partial charge on any atom is 0.176 e. The van der Waals surface area contributed by atoms with Gasteiger partial charge in [-0.2, -0.15) is 0 Å². The highest BCUT2D eigenvalue weighted by molar-refractivity contribution is 6.50. The molecule has 6 rings (SSSR count). The number of amidine groups is 4. The van der Waals surface area contributed by atoms with E-state index >= 15 is 0 Å². The topological polar surface area (TPSA) is 97.6 Å². The summed E-state index contributed by atoms with van der Waals surface area (Å²) in [4.78, 5) is 20.8. The number of nitrogens with zero attached hydrogens (tertiary/aromatic N) is 4. The Labute approximate surface area is 308 Å². The number of rotatable bonds is 11. The number of aliphatic imine (C=N–C) groups is 4. The quantitative estimate of drug-likeness (QED) is 0.126. The molecule has 52 heavy (non-hydrogen) atoms. The molecule has 0 aliphatic carbocycles. The van der Waals surface area contributed by atoms with E-state index in [1.54, 1.807) is 0 Å². The van der Waals surface area contributed by atoms with E-state index in [0.717, 1.165) is 72.4 Å². The van der Waals surface area contributed by atoms with Crippen LogP contribution in [0.3, 0.4) is 0 Å². The molecule has 0 unspecified atom stereocenters. The van der Waals surface area contributed by atoms with E-state index < -0.39 is 0 Å². The summed E-state index contributed by atoms with van der Waals surface area (Å²) < 4.78 is 0. The highest BCUT2D eigenvalue weighted by Crippen LogP contribution is 2.34. The van der Waals surface area contributed by atoms with E-state index in [9.17, 15) is 0 Å². The lowest BCUT2D eigenvalue weighted by Gasteiger charge is -2.14. The van der Waals surface area contributed by atoms with Crippen molar-refractivity contribution in [3.63, 3.8) is 0 Å². The van der Waals surface area contributed by atoms with Crippen molar-refractivity contribution < 1.29 is 0 Å². The van der Waals surface area contributed by atoms with Crippen molar-refractivity contribution in [3.05, 3.63) is 142 Å². The number of unbranched alkanes of at least 4 members (excludes halogenated alkanes) is 2. The molecular formula is C44H50N8. The maximum absolute atomic E-state index is 5.20. The highest BCUT2D eigenvalue weighted by Gasteiger charge is 2.27. The molecule has 0 atom stereocenters. The van der Waals surface area contributed by atoms with Crippen molar-refractivity contribution in [2.45, 2.75) is 80.1 Å². The zero-order chi connectivity index (χ0) is 36.5. The lowest BCUT2D eigenvalue weighted by molar-refractivity contribution is 0.738. The van der Waals surface area contributed by atoms with Crippen LogP contribution in [-0.4, -0.2) is 23.3 Å². The lowest BCUT2D eigenvalue weighted by Crippen LogP contribution is -2.27. The van der Waals surface area contributed by atoms with Crippen LogP contribution < -0.4 is 21.3 Å². The van der Waals surface area contributed by atoms with Crippen LogP contribution in [0.2, 0.25) is 0 Å². The Morgan fingerprint density at radius 2 is 0.615 bits per heavy atom. The third-order valence-electron chi connectivity index (χ3n) is 9.04. The molecular weight excluding hydrogens is 641 g/mol. The van der Waals surface area contributed by atoms with Crippen molar-refractivity contribution >= 4 is 46.1 Å². The first-order valence-corrected chi connectivity index (χ1v) is 18.4. The minimum Gasteiger partial charge on any atom is -0.337 e. The van der Waals surface area contributed by atoms with Crippen molar-refractivity contribution in [3.8, 4) is 0 Å². The van der Waals surface area contributed by atoms with Gasteiger partial charge >= 0.3 is 0 Å². The smallest absolute Gasteiger partial charge is 0.176 e. The number of aryl methyl sites for hydroxylation is 4. The molecule has 0 saturated heterocycles. The van der Waals surface area contributed by atoms with Crippen molar-refractivity contribution in [1.29, 1.82) is 0 Å². The molecule has 0 radical (unpaired) electrons. The summed E-state index contributed by atoms with van der Waals surface area (Å²) >= 11 is 0. The van der Waals surface area contributed by atoms with E-state index in [4.69, 9.17) is 20.0 Å². The lowest BCUT2D eigenvalue weighted by atomic mass is 9.95. The van der Waals surface area contributed by atoms with Gasteiger partial charge in [0.15, 0.2) is 35.0 Å². The number of benzene rings is 4. The molecule has 266 valence electrons. The van der Waals surface area contributed by atoms with Gasteiger partial charge in [-0.05, 0) is 102 Å². The molecule has 0 saturated carbocycles. The molecule has 2 heterocycles. The van der Waals surface area contributed by atoms with E-state index in [2.05, 4.69) is 160 Å². The Balaban J connectivity index is 1.48. The van der Waals surface area contributed by atoms with Crippen LogP contribution in [0.4, 0.5) is 22.7 Å². The maximum atomic E-state index is 5.20. The van der Waals surface area contributed by atoms with Crippen LogP contribution in [0.5, 0.6) is 0 Å². The third kappa shape index (κ3) is 9.31. The molecule has 4 N–H and O–H groups in total. The summed E-state index contributed by atoms with van der Waals surface area (Å²) in [5, 5.41) is 14.2. The Hall–Kier alpha value is -5.76. The number of hydrogen-bond donors (Lipinski definition) is 4. The van der Waals surface area contributed by atoms with Gasteiger partial charge in [0.2, 0.25) is 0 Å². The number of anilines is 4. The second kappa shape index (κ2) is 17.0. The van der Waals surface area contributed by atoms with Crippen LogP contribution in [-0.2, 0) is 0 Å². The zero-order valence-corrected chi connectivity index (χ0v) is 31.3. The molecule has 0 fully saturated rings. The Bertz CT molecular complexity index is 1760. The van der Waals surface area contributed by atoms with Gasteiger partial charge < -0.3 is 21.3 Å². The summed E-state index contributed by atoms with van der Waals surface area (Å²) in [6.45, 7) is 12.8. The van der Waals surface area contributed by atoms with Gasteiger partial charge in [-0.3, -0.25) is 0 Å². The van der Waals surface area contributed by atoms with Crippen molar-refractivity contribution in [2.24, 2.45) is 20.0 Å². The van der Waals surface area contributed by atoms with Gasteiger partial charge in [-0.25, -0.2) is 20.0 Å². The minimum absolute atomic E-state index is 0.676. The largest absolute Gasteiger partial charge is 0.337 e. The van der Waals surface area contributed by atoms with E-state index in [1.807, 2.05) is 0 Å². The fraction of sp³-hybridized carbons (Fsp3) is 0.273. The first kappa shape index (κ1) is 36.0. The molecule has 4 aromatic rings.